The summed E-state index contributed by atoms with van der Waals surface area (Å²) in [5, 5.41) is 18.5. The summed E-state index contributed by atoms with van der Waals surface area (Å²) in [6, 6.07) is 0. The Labute approximate surface area is 109 Å². The lowest BCUT2D eigenvalue weighted by molar-refractivity contribution is -0.0470. The highest BCUT2D eigenvalue weighted by atomic mass is 127. The molecule has 94 valence electrons. The maximum absolute atomic E-state index is 11.8. The van der Waals surface area contributed by atoms with Gasteiger partial charge in [-0.15, -0.1) is 0 Å². The molecule has 0 amide bonds. The third-order valence-electron chi connectivity index (χ3n) is 2.64. The topological polar surface area (TPSA) is 105 Å². The number of aliphatic hydroxyl groups excluding tert-OH is 2. The standard InChI is InChI=1S/C9H11IN2O5/c10-4-2-11-9(16)12(8(4)15)7-1-5(14)6(3-13)17-7/h2,5-7,13-14H,1,3H2,(H,11,16)/t5?,6-,7-/m1/s1. The molecule has 2 heterocycles. The monoisotopic (exact) mass is 354 g/mol. The summed E-state index contributed by atoms with van der Waals surface area (Å²) < 4.78 is 6.54. The lowest BCUT2D eigenvalue weighted by atomic mass is 10.2. The Morgan fingerprint density at radius 2 is 2.29 bits per heavy atom. The van der Waals surface area contributed by atoms with Crippen LogP contribution in [0.3, 0.4) is 0 Å². The molecule has 1 aromatic heterocycles. The number of aromatic amines is 1. The van der Waals surface area contributed by atoms with Gasteiger partial charge in [-0.05, 0) is 22.6 Å². The van der Waals surface area contributed by atoms with E-state index < -0.39 is 29.7 Å². The van der Waals surface area contributed by atoms with E-state index in [0.29, 0.717) is 3.57 Å². The van der Waals surface area contributed by atoms with Gasteiger partial charge in [0.05, 0.1) is 16.3 Å². The van der Waals surface area contributed by atoms with Crippen LogP contribution in [0.15, 0.2) is 15.8 Å². The number of ether oxygens (including phenoxy) is 1. The van der Waals surface area contributed by atoms with Crippen LogP contribution in [-0.2, 0) is 4.74 Å². The maximum Gasteiger partial charge on any atom is 0.330 e. The predicted octanol–water partition coefficient (Wildman–Crippen LogP) is -1.22. The van der Waals surface area contributed by atoms with E-state index in [1.165, 1.54) is 6.20 Å². The summed E-state index contributed by atoms with van der Waals surface area (Å²) >= 11 is 1.80. The van der Waals surface area contributed by atoms with Gasteiger partial charge < -0.3 is 19.9 Å². The SMILES string of the molecule is O=c1[nH]cc(I)c(=O)n1[C@H]1CC(O)[C@@H](CO)O1. The summed E-state index contributed by atoms with van der Waals surface area (Å²) in [6.45, 7) is -0.353. The molecule has 1 unspecified atom stereocenters. The second kappa shape index (κ2) is 4.88. The summed E-state index contributed by atoms with van der Waals surface area (Å²) in [4.78, 5) is 25.8. The van der Waals surface area contributed by atoms with Crippen LogP contribution < -0.4 is 11.2 Å². The van der Waals surface area contributed by atoms with E-state index in [4.69, 9.17) is 9.84 Å². The minimum Gasteiger partial charge on any atom is -0.394 e. The average Bonchev–Trinajstić information content (AvgIpc) is 2.65. The third-order valence-corrected chi connectivity index (χ3v) is 3.41. The van der Waals surface area contributed by atoms with Crippen LogP contribution in [0, 0.1) is 3.57 Å². The number of aromatic nitrogens is 2. The van der Waals surface area contributed by atoms with Crippen molar-refractivity contribution in [2.45, 2.75) is 24.9 Å². The molecule has 8 heteroatoms. The largest absolute Gasteiger partial charge is 0.394 e. The zero-order chi connectivity index (χ0) is 12.6. The van der Waals surface area contributed by atoms with Gasteiger partial charge in [0.15, 0.2) is 0 Å². The van der Waals surface area contributed by atoms with Gasteiger partial charge in [-0.25, -0.2) is 9.36 Å². The number of hydrogen-bond acceptors (Lipinski definition) is 5. The Kier molecular flexibility index (Phi) is 3.66. The van der Waals surface area contributed by atoms with Gasteiger partial charge in [0.1, 0.15) is 12.3 Å². The van der Waals surface area contributed by atoms with Crippen LogP contribution in [0.25, 0.3) is 0 Å². The van der Waals surface area contributed by atoms with Gasteiger partial charge in [-0.1, -0.05) is 0 Å². The van der Waals surface area contributed by atoms with E-state index in [1.807, 2.05) is 0 Å². The minimum atomic E-state index is -0.880. The normalized spacial score (nSPS) is 28.5. The van der Waals surface area contributed by atoms with Crippen LogP contribution in [0.5, 0.6) is 0 Å². The van der Waals surface area contributed by atoms with Crippen molar-refractivity contribution >= 4 is 22.6 Å². The van der Waals surface area contributed by atoms with Gasteiger partial charge >= 0.3 is 5.69 Å². The lowest BCUT2D eigenvalue weighted by Crippen LogP contribution is -2.39. The number of rotatable bonds is 2. The number of hydrogen-bond donors (Lipinski definition) is 3. The van der Waals surface area contributed by atoms with Crippen molar-refractivity contribution in [2.24, 2.45) is 0 Å². The number of halogens is 1. The third kappa shape index (κ3) is 2.30. The van der Waals surface area contributed by atoms with Gasteiger partial charge in [0.25, 0.3) is 5.56 Å². The van der Waals surface area contributed by atoms with Gasteiger partial charge in [0.2, 0.25) is 0 Å². The van der Waals surface area contributed by atoms with Crippen molar-refractivity contribution in [3.63, 3.8) is 0 Å². The number of H-pyrrole nitrogens is 1. The Bertz CT molecular complexity index is 525. The molecule has 1 fully saturated rings. The van der Waals surface area contributed by atoms with Crippen molar-refractivity contribution in [1.82, 2.24) is 9.55 Å². The highest BCUT2D eigenvalue weighted by Gasteiger charge is 2.35. The van der Waals surface area contributed by atoms with E-state index >= 15 is 0 Å². The first-order valence-corrected chi connectivity index (χ1v) is 6.06. The molecule has 0 spiro atoms. The summed E-state index contributed by atoms with van der Waals surface area (Å²) in [5.41, 5.74) is -1.06. The average molecular weight is 354 g/mol. The molecule has 1 aliphatic heterocycles. The summed E-state index contributed by atoms with van der Waals surface area (Å²) in [6.07, 6.45) is -1.06. The Balaban J connectivity index is 2.40. The van der Waals surface area contributed by atoms with E-state index in [1.54, 1.807) is 22.6 Å². The van der Waals surface area contributed by atoms with Crippen LogP contribution in [0.1, 0.15) is 12.6 Å². The van der Waals surface area contributed by atoms with Crippen molar-refractivity contribution in [2.75, 3.05) is 6.61 Å². The number of nitrogens with one attached hydrogen (secondary N) is 1. The molecular weight excluding hydrogens is 343 g/mol. The molecule has 0 saturated carbocycles. The smallest absolute Gasteiger partial charge is 0.330 e. The summed E-state index contributed by atoms with van der Waals surface area (Å²) in [5.74, 6) is 0. The van der Waals surface area contributed by atoms with Crippen LogP contribution in [-0.4, -0.2) is 38.6 Å². The quantitative estimate of drug-likeness (QED) is 0.578. The first kappa shape index (κ1) is 12.7. The van der Waals surface area contributed by atoms with E-state index in [2.05, 4.69) is 4.98 Å². The van der Waals surface area contributed by atoms with Crippen molar-refractivity contribution < 1.29 is 14.9 Å². The van der Waals surface area contributed by atoms with E-state index in [0.717, 1.165) is 4.57 Å². The molecule has 3 N–H and O–H groups in total. The molecule has 17 heavy (non-hydrogen) atoms. The lowest BCUT2D eigenvalue weighted by Gasteiger charge is -2.13. The van der Waals surface area contributed by atoms with Crippen molar-refractivity contribution in [3.05, 3.63) is 30.6 Å². The van der Waals surface area contributed by atoms with Gasteiger partial charge in [-0.2, -0.15) is 0 Å². The van der Waals surface area contributed by atoms with Gasteiger partial charge in [-0.3, -0.25) is 4.79 Å². The number of nitrogens with zero attached hydrogens (tertiary/aromatic N) is 1. The van der Waals surface area contributed by atoms with Crippen LogP contribution in [0.2, 0.25) is 0 Å². The molecule has 1 aliphatic rings. The van der Waals surface area contributed by atoms with Crippen LogP contribution in [0.4, 0.5) is 0 Å². The zero-order valence-electron chi connectivity index (χ0n) is 8.67. The Morgan fingerprint density at radius 1 is 1.59 bits per heavy atom. The first-order valence-electron chi connectivity index (χ1n) is 4.98. The highest BCUT2D eigenvalue weighted by Crippen LogP contribution is 2.26. The Hall–Kier alpha value is -0.710. The molecule has 0 aromatic carbocycles. The molecule has 2 rings (SSSR count). The molecule has 1 aromatic rings. The van der Waals surface area contributed by atoms with Crippen LogP contribution >= 0.6 is 22.6 Å². The molecule has 1 saturated heterocycles. The first-order chi connectivity index (χ1) is 8.04. The second-order valence-electron chi connectivity index (χ2n) is 3.73. The molecule has 0 bridgehead atoms. The fraction of sp³-hybridized carbons (Fsp3) is 0.556. The molecule has 3 atom stereocenters. The van der Waals surface area contributed by atoms with E-state index in [9.17, 15) is 14.7 Å². The van der Waals surface area contributed by atoms with Gasteiger partial charge in [0, 0.05) is 12.6 Å². The fourth-order valence-electron chi connectivity index (χ4n) is 1.76. The molecule has 7 nitrogen and oxygen atoms in total. The Morgan fingerprint density at radius 3 is 2.88 bits per heavy atom. The second-order valence-corrected chi connectivity index (χ2v) is 4.89. The maximum atomic E-state index is 11.8. The zero-order valence-corrected chi connectivity index (χ0v) is 10.8. The fourth-order valence-corrected chi connectivity index (χ4v) is 2.18. The number of aliphatic hydroxyl groups is 2. The van der Waals surface area contributed by atoms with Crippen molar-refractivity contribution in [3.8, 4) is 0 Å². The van der Waals surface area contributed by atoms with E-state index in [-0.39, 0.29) is 13.0 Å². The summed E-state index contributed by atoms with van der Waals surface area (Å²) in [7, 11) is 0. The molecular formula is C9H11IN2O5. The minimum absolute atomic E-state index is 0.105. The highest BCUT2D eigenvalue weighted by molar-refractivity contribution is 14.1. The molecule has 0 radical (unpaired) electrons. The molecule has 0 aliphatic carbocycles. The predicted molar refractivity (Wildman–Crippen MR) is 65.7 cm³/mol. The van der Waals surface area contributed by atoms with Crippen molar-refractivity contribution in [1.29, 1.82) is 0 Å².